The smallest absolute Gasteiger partial charge is 0.361 e. The molecular weight excluding hydrogens is 405 g/mol. The van der Waals surface area contributed by atoms with E-state index in [2.05, 4.69) is 22.4 Å². The SMILES string of the molecule is Cc1cccc(-c2ccn3c(-c4cccc(NC(O)NCC(F)(F)F)c4)cnc3c2)c1. The summed E-state index contributed by atoms with van der Waals surface area (Å²) in [4.78, 5) is 4.51. The predicted octanol–water partition coefficient (Wildman–Crippen LogP) is 4.82. The van der Waals surface area contributed by atoms with Gasteiger partial charge < -0.3 is 10.4 Å². The van der Waals surface area contributed by atoms with E-state index in [0.717, 1.165) is 28.0 Å². The van der Waals surface area contributed by atoms with Crippen LogP contribution < -0.4 is 10.6 Å². The highest BCUT2D eigenvalue weighted by Gasteiger charge is 2.27. The number of aromatic nitrogens is 2. The minimum absolute atomic E-state index is 0.478. The number of anilines is 1. The first-order valence-corrected chi connectivity index (χ1v) is 9.68. The summed E-state index contributed by atoms with van der Waals surface area (Å²) in [6.45, 7) is 0.754. The number of nitrogens with zero attached hydrogens (tertiary/aromatic N) is 2. The van der Waals surface area contributed by atoms with Crippen molar-refractivity contribution < 1.29 is 18.3 Å². The van der Waals surface area contributed by atoms with Gasteiger partial charge in [-0.1, -0.05) is 42.0 Å². The van der Waals surface area contributed by atoms with Gasteiger partial charge in [0, 0.05) is 17.4 Å². The van der Waals surface area contributed by atoms with Crippen LogP contribution in [0, 0.1) is 6.92 Å². The lowest BCUT2D eigenvalue weighted by Gasteiger charge is -2.17. The fraction of sp³-hybridized carbons (Fsp3) is 0.174. The molecule has 0 aliphatic carbocycles. The first-order chi connectivity index (χ1) is 14.8. The molecule has 3 N–H and O–H groups in total. The Hall–Kier alpha value is -3.36. The third-order valence-corrected chi connectivity index (χ3v) is 4.82. The van der Waals surface area contributed by atoms with E-state index in [0.29, 0.717) is 5.69 Å². The highest BCUT2D eigenvalue weighted by Crippen LogP contribution is 2.27. The van der Waals surface area contributed by atoms with E-state index in [1.165, 1.54) is 5.56 Å². The van der Waals surface area contributed by atoms with Crippen molar-refractivity contribution in [3.63, 3.8) is 0 Å². The number of hydrogen-bond acceptors (Lipinski definition) is 4. The number of pyridine rings is 1. The Morgan fingerprint density at radius 3 is 2.52 bits per heavy atom. The molecule has 0 aliphatic heterocycles. The van der Waals surface area contributed by atoms with Gasteiger partial charge in [-0.05, 0) is 42.3 Å². The van der Waals surface area contributed by atoms with Crippen LogP contribution in [0.25, 0.3) is 28.0 Å². The summed E-state index contributed by atoms with van der Waals surface area (Å²) in [6.07, 6.45) is -2.25. The second kappa shape index (κ2) is 8.41. The number of fused-ring (bicyclic) bond motifs is 1. The van der Waals surface area contributed by atoms with E-state index in [-0.39, 0.29) is 0 Å². The molecule has 2 heterocycles. The van der Waals surface area contributed by atoms with E-state index in [9.17, 15) is 18.3 Å². The van der Waals surface area contributed by atoms with Crippen molar-refractivity contribution >= 4 is 11.3 Å². The quantitative estimate of drug-likeness (QED) is 0.387. The Kier molecular flexibility index (Phi) is 5.67. The minimum atomic E-state index is -4.40. The van der Waals surface area contributed by atoms with Gasteiger partial charge in [0.1, 0.15) is 5.65 Å². The van der Waals surface area contributed by atoms with Gasteiger partial charge in [-0.2, -0.15) is 13.2 Å². The summed E-state index contributed by atoms with van der Waals surface area (Å²) in [5.74, 6) is 0. The van der Waals surface area contributed by atoms with Gasteiger partial charge in [0.25, 0.3) is 0 Å². The van der Waals surface area contributed by atoms with Crippen LogP contribution in [0.15, 0.2) is 73.1 Å². The average Bonchev–Trinajstić information content (AvgIpc) is 3.15. The van der Waals surface area contributed by atoms with Crippen molar-refractivity contribution in [2.24, 2.45) is 0 Å². The number of aryl methyl sites for hydroxylation is 1. The fourth-order valence-electron chi connectivity index (χ4n) is 3.39. The Labute approximate surface area is 177 Å². The molecule has 4 aromatic rings. The first kappa shape index (κ1) is 20.9. The summed E-state index contributed by atoms with van der Waals surface area (Å²) in [5.41, 5.74) is 6.24. The number of rotatable bonds is 6. The van der Waals surface area contributed by atoms with E-state index < -0.39 is 19.1 Å². The van der Waals surface area contributed by atoms with Crippen LogP contribution in [-0.2, 0) is 0 Å². The van der Waals surface area contributed by atoms with Crippen LogP contribution in [0.5, 0.6) is 0 Å². The zero-order valence-electron chi connectivity index (χ0n) is 16.7. The predicted molar refractivity (Wildman–Crippen MR) is 114 cm³/mol. The molecule has 0 radical (unpaired) electrons. The average molecular weight is 426 g/mol. The maximum absolute atomic E-state index is 12.3. The van der Waals surface area contributed by atoms with Crippen LogP contribution >= 0.6 is 0 Å². The van der Waals surface area contributed by atoms with Crippen molar-refractivity contribution in [3.8, 4) is 22.4 Å². The molecule has 2 aromatic carbocycles. The van der Waals surface area contributed by atoms with Crippen LogP contribution in [0.2, 0.25) is 0 Å². The molecule has 0 aliphatic rings. The third kappa shape index (κ3) is 5.04. The molecule has 2 aromatic heterocycles. The summed E-state index contributed by atoms with van der Waals surface area (Å²) in [5, 5.41) is 14.4. The summed E-state index contributed by atoms with van der Waals surface area (Å²) < 4.78 is 38.8. The fourth-order valence-corrected chi connectivity index (χ4v) is 3.39. The van der Waals surface area contributed by atoms with Crippen LogP contribution in [0.4, 0.5) is 18.9 Å². The lowest BCUT2D eigenvalue weighted by Crippen LogP contribution is -2.41. The number of aliphatic hydroxyl groups excluding tert-OH is 1. The maximum Gasteiger partial charge on any atom is 0.401 e. The van der Waals surface area contributed by atoms with Crippen LogP contribution in [-0.4, -0.2) is 33.6 Å². The van der Waals surface area contributed by atoms with Gasteiger partial charge in [0.05, 0.1) is 18.4 Å². The van der Waals surface area contributed by atoms with Crippen molar-refractivity contribution in [2.75, 3.05) is 11.9 Å². The molecule has 31 heavy (non-hydrogen) atoms. The Morgan fingerprint density at radius 2 is 1.74 bits per heavy atom. The molecule has 1 unspecified atom stereocenters. The normalized spacial score (nSPS) is 12.8. The van der Waals surface area contributed by atoms with Crippen molar-refractivity contribution in [2.45, 2.75) is 19.5 Å². The molecule has 8 heteroatoms. The second-order valence-electron chi connectivity index (χ2n) is 7.28. The first-order valence-electron chi connectivity index (χ1n) is 9.68. The maximum atomic E-state index is 12.3. The van der Waals surface area contributed by atoms with Gasteiger partial charge >= 0.3 is 6.18 Å². The van der Waals surface area contributed by atoms with Crippen molar-refractivity contribution in [1.82, 2.24) is 14.7 Å². The molecule has 0 amide bonds. The molecule has 0 bridgehead atoms. The standard InChI is InChI=1S/C23H21F3N4O/c1-15-4-2-5-16(10-15)17-8-9-30-20(13-27-21(30)12-17)18-6-3-7-19(11-18)29-22(31)28-14-23(24,25)26/h2-13,22,28-29,31H,14H2,1H3. The van der Waals surface area contributed by atoms with Gasteiger partial charge in [-0.3, -0.25) is 9.72 Å². The van der Waals surface area contributed by atoms with E-state index in [1.54, 1.807) is 24.4 Å². The number of halogens is 3. The molecule has 160 valence electrons. The van der Waals surface area contributed by atoms with Crippen LogP contribution in [0.1, 0.15) is 5.56 Å². The summed E-state index contributed by atoms with van der Waals surface area (Å²) in [7, 11) is 0. The zero-order chi connectivity index (χ0) is 22.0. The lowest BCUT2D eigenvalue weighted by atomic mass is 10.0. The van der Waals surface area contributed by atoms with E-state index in [1.807, 2.05) is 53.2 Å². The minimum Gasteiger partial charge on any atom is -0.361 e. The van der Waals surface area contributed by atoms with E-state index in [4.69, 9.17) is 0 Å². The number of alkyl halides is 3. The molecule has 0 saturated carbocycles. The van der Waals surface area contributed by atoms with Crippen molar-refractivity contribution in [3.05, 3.63) is 78.6 Å². The number of benzene rings is 2. The number of hydrogen-bond donors (Lipinski definition) is 3. The monoisotopic (exact) mass is 426 g/mol. The molecule has 0 spiro atoms. The van der Waals surface area contributed by atoms with Gasteiger partial charge in [0.15, 0.2) is 6.35 Å². The zero-order valence-corrected chi connectivity index (χ0v) is 16.7. The molecule has 1 atom stereocenters. The Bertz CT molecular complexity index is 1200. The summed E-state index contributed by atoms with van der Waals surface area (Å²) in [6, 6.07) is 19.3. The van der Waals surface area contributed by atoms with Crippen molar-refractivity contribution in [1.29, 1.82) is 0 Å². The Morgan fingerprint density at radius 1 is 1.00 bits per heavy atom. The molecule has 0 fully saturated rings. The van der Waals surface area contributed by atoms with Crippen LogP contribution in [0.3, 0.4) is 0 Å². The van der Waals surface area contributed by atoms with Gasteiger partial charge in [0.2, 0.25) is 0 Å². The molecule has 5 nitrogen and oxygen atoms in total. The highest BCUT2D eigenvalue weighted by atomic mass is 19.4. The third-order valence-electron chi connectivity index (χ3n) is 4.82. The van der Waals surface area contributed by atoms with E-state index >= 15 is 0 Å². The number of imidazole rings is 1. The molecular formula is C23H21F3N4O. The van der Waals surface area contributed by atoms with Gasteiger partial charge in [-0.15, -0.1) is 0 Å². The molecule has 4 rings (SSSR count). The largest absolute Gasteiger partial charge is 0.401 e. The topological polar surface area (TPSA) is 61.6 Å². The van der Waals surface area contributed by atoms with Gasteiger partial charge in [-0.25, -0.2) is 4.98 Å². The summed E-state index contributed by atoms with van der Waals surface area (Å²) >= 11 is 0. The highest BCUT2D eigenvalue weighted by molar-refractivity contribution is 5.72. The Balaban J connectivity index is 1.57. The second-order valence-corrected chi connectivity index (χ2v) is 7.28. The number of nitrogens with one attached hydrogen (secondary N) is 2. The lowest BCUT2D eigenvalue weighted by molar-refractivity contribution is -0.130. The number of aliphatic hydroxyl groups is 1. The molecule has 0 saturated heterocycles.